The highest BCUT2D eigenvalue weighted by Gasteiger charge is 2.31. The van der Waals surface area contributed by atoms with E-state index in [0.717, 1.165) is 24.4 Å². The monoisotopic (exact) mass is 363 g/mol. The number of carbonyl (C=O) groups is 1. The highest BCUT2D eigenvalue weighted by atomic mass is 32.2. The molecule has 2 aliphatic rings. The molecule has 0 N–H and O–H groups in total. The van der Waals surface area contributed by atoms with Gasteiger partial charge in [0.2, 0.25) is 0 Å². The first-order valence-corrected chi connectivity index (χ1v) is 10.3. The number of carbonyl (C=O) groups excluding carboxylic acids is 1. The lowest BCUT2D eigenvalue weighted by atomic mass is 10.2. The predicted octanol–water partition coefficient (Wildman–Crippen LogP) is 1.35. The molecule has 2 heterocycles. The number of rotatable bonds is 8. The molecule has 24 heavy (non-hydrogen) atoms. The predicted molar refractivity (Wildman–Crippen MR) is 92.3 cm³/mol. The van der Waals surface area contributed by atoms with Crippen molar-refractivity contribution in [1.82, 2.24) is 14.3 Å². The number of piperazine rings is 1. The van der Waals surface area contributed by atoms with E-state index >= 15 is 0 Å². The molecular formula is C16H30FN3O3S. The molecule has 2 saturated heterocycles. The van der Waals surface area contributed by atoms with Crippen molar-refractivity contribution in [2.75, 3.05) is 45.1 Å². The van der Waals surface area contributed by atoms with Crippen LogP contribution >= 0.6 is 0 Å². The summed E-state index contributed by atoms with van der Waals surface area (Å²) in [5.41, 5.74) is 0. The van der Waals surface area contributed by atoms with E-state index < -0.39 is 11.0 Å². The molecule has 2 fully saturated rings. The van der Waals surface area contributed by atoms with Crippen LogP contribution in [0.3, 0.4) is 0 Å². The van der Waals surface area contributed by atoms with Crippen LogP contribution in [0.25, 0.3) is 0 Å². The summed E-state index contributed by atoms with van der Waals surface area (Å²) in [6.45, 7) is 7.18. The molecule has 0 radical (unpaired) electrons. The van der Waals surface area contributed by atoms with Crippen molar-refractivity contribution in [3.63, 3.8) is 0 Å². The van der Waals surface area contributed by atoms with Crippen molar-refractivity contribution in [2.24, 2.45) is 0 Å². The highest BCUT2D eigenvalue weighted by Crippen LogP contribution is 2.16. The van der Waals surface area contributed by atoms with Crippen molar-refractivity contribution in [3.05, 3.63) is 0 Å². The number of hydrogen-bond donors (Lipinski definition) is 0. The van der Waals surface area contributed by atoms with E-state index in [9.17, 15) is 13.5 Å². The van der Waals surface area contributed by atoms with E-state index in [1.54, 1.807) is 0 Å². The Kier molecular flexibility index (Phi) is 8.06. The first-order chi connectivity index (χ1) is 11.5. The molecule has 3 atom stereocenters. The van der Waals surface area contributed by atoms with Gasteiger partial charge in [-0.1, -0.05) is 6.92 Å². The van der Waals surface area contributed by atoms with Crippen LogP contribution in [0.1, 0.15) is 39.5 Å². The van der Waals surface area contributed by atoms with Gasteiger partial charge in [0.05, 0.1) is 11.0 Å². The van der Waals surface area contributed by atoms with E-state index in [1.807, 2.05) is 23.1 Å². The topological polar surface area (TPSA) is 53.1 Å². The number of amides is 1. The minimum atomic E-state index is -1.10. The van der Waals surface area contributed by atoms with Crippen molar-refractivity contribution in [1.29, 1.82) is 0 Å². The van der Waals surface area contributed by atoms with Gasteiger partial charge in [-0.25, -0.2) is 8.51 Å². The maximum absolute atomic E-state index is 13.6. The van der Waals surface area contributed by atoms with Gasteiger partial charge >= 0.3 is 0 Å². The van der Waals surface area contributed by atoms with Crippen molar-refractivity contribution in [3.8, 4) is 0 Å². The van der Waals surface area contributed by atoms with Crippen LogP contribution < -0.4 is 0 Å². The largest absolute Gasteiger partial charge is 0.368 e. The molecule has 0 aromatic carbocycles. The molecule has 0 aliphatic carbocycles. The Bertz CT molecular complexity index is 427. The first-order valence-electron chi connectivity index (χ1n) is 8.99. The Labute approximate surface area is 146 Å². The van der Waals surface area contributed by atoms with E-state index in [1.165, 1.54) is 0 Å². The average Bonchev–Trinajstić information content (AvgIpc) is 3.14. The van der Waals surface area contributed by atoms with Gasteiger partial charge in [0.15, 0.2) is 0 Å². The first kappa shape index (κ1) is 19.8. The zero-order chi connectivity index (χ0) is 17.5. The molecule has 2 aliphatic heterocycles. The number of halogens is 1. The summed E-state index contributed by atoms with van der Waals surface area (Å²) in [7, 11) is -1.10. The molecule has 0 saturated carbocycles. The second-order valence-corrected chi connectivity index (χ2v) is 8.08. The Hall–Kier alpha value is -0.570. The SMILES string of the molecule is CCC(C)N(F)CCCS(=O)N1CCN(C(=O)C2CCCO2)CC1. The Morgan fingerprint density at radius 3 is 2.67 bits per heavy atom. The maximum Gasteiger partial charge on any atom is 0.251 e. The van der Waals surface area contributed by atoms with Gasteiger partial charge < -0.3 is 9.64 Å². The second-order valence-electron chi connectivity index (χ2n) is 6.52. The van der Waals surface area contributed by atoms with Crippen LogP contribution in [-0.4, -0.2) is 81.7 Å². The van der Waals surface area contributed by atoms with E-state index in [0.29, 0.717) is 51.5 Å². The fourth-order valence-electron chi connectivity index (χ4n) is 2.97. The summed E-state index contributed by atoms with van der Waals surface area (Å²) in [4.78, 5) is 14.1. The summed E-state index contributed by atoms with van der Waals surface area (Å²) < 4.78 is 33.3. The third-order valence-electron chi connectivity index (χ3n) is 4.80. The zero-order valence-electron chi connectivity index (χ0n) is 14.8. The fraction of sp³-hybridized carbons (Fsp3) is 0.938. The molecule has 6 nitrogen and oxygen atoms in total. The molecule has 0 spiro atoms. The lowest BCUT2D eigenvalue weighted by Crippen LogP contribution is -2.52. The van der Waals surface area contributed by atoms with Gasteiger partial charge in [-0.05, 0) is 32.6 Å². The Morgan fingerprint density at radius 1 is 1.38 bits per heavy atom. The summed E-state index contributed by atoms with van der Waals surface area (Å²) in [5.74, 6) is 0.538. The Balaban J connectivity index is 1.66. The molecule has 1 amide bonds. The fourth-order valence-corrected chi connectivity index (χ4v) is 4.18. The maximum atomic E-state index is 13.6. The van der Waals surface area contributed by atoms with E-state index in [2.05, 4.69) is 0 Å². The molecule has 0 aromatic heterocycles. The van der Waals surface area contributed by atoms with Gasteiger partial charge in [-0.3, -0.25) is 4.79 Å². The molecular weight excluding hydrogens is 333 g/mol. The van der Waals surface area contributed by atoms with Crippen LogP contribution in [0.2, 0.25) is 0 Å². The van der Waals surface area contributed by atoms with Gasteiger partial charge in [-0.2, -0.15) is 0 Å². The molecule has 2 rings (SSSR count). The average molecular weight is 363 g/mol. The van der Waals surface area contributed by atoms with Crippen LogP contribution in [0, 0.1) is 0 Å². The smallest absolute Gasteiger partial charge is 0.251 e. The minimum absolute atomic E-state index is 0.0690. The third kappa shape index (κ3) is 5.47. The minimum Gasteiger partial charge on any atom is -0.368 e. The number of nitrogens with zero attached hydrogens (tertiary/aromatic N) is 3. The number of ether oxygens (including phenoxy) is 1. The van der Waals surface area contributed by atoms with Crippen molar-refractivity contribution < 1.29 is 18.2 Å². The van der Waals surface area contributed by atoms with Crippen molar-refractivity contribution in [2.45, 2.75) is 51.7 Å². The summed E-state index contributed by atoms with van der Waals surface area (Å²) in [5, 5.41) is 0.829. The zero-order valence-corrected chi connectivity index (χ0v) is 15.6. The normalized spacial score (nSPS) is 25.2. The summed E-state index contributed by atoms with van der Waals surface area (Å²) in [6, 6.07) is -0.0919. The van der Waals surface area contributed by atoms with Gasteiger partial charge in [0, 0.05) is 51.1 Å². The van der Waals surface area contributed by atoms with Gasteiger partial charge in [-0.15, -0.1) is 9.60 Å². The molecule has 0 aromatic rings. The van der Waals surface area contributed by atoms with Crippen LogP contribution in [0.4, 0.5) is 4.48 Å². The highest BCUT2D eigenvalue weighted by molar-refractivity contribution is 7.82. The molecule has 140 valence electrons. The third-order valence-corrected chi connectivity index (χ3v) is 6.38. The van der Waals surface area contributed by atoms with Crippen LogP contribution in [0.15, 0.2) is 0 Å². The molecule has 3 unspecified atom stereocenters. The molecule has 0 bridgehead atoms. The quantitative estimate of drug-likeness (QED) is 0.611. The Morgan fingerprint density at radius 2 is 2.08 bits per heavy atom. The van der Waals surface area contributed by atoms with Crippen molar-refractivity contribution >= 4 is 16.9 Å². The van der Waals surface area contributed by atoms with E-state index in [-0.39, 0.29) is 18.1 Å². The molecule has 8 heteroatoms. The summed E-state index contributed by atoms with van der Waals surface area (Å²) >= 11 is 0. The van der Waals surface area contributed by atoms with Gasteiger partial charge in [0.1, 0.15) is 6.10 Å². The van der Waals surface area contributed by atoms with Crippen LogP contribution in [0.5, 0.6) is 0 Å². The summed E-state index contributed by atoms with van der Waals surface area (Å²) in [6.07, 6.45) is 2.81. The lowest BCUT2D eigenvalue weighted by molar-refractivity contribution is -0.142. The van der Waals surface area contributed by atoms with Crippen LogP contribution in [-0.2, 0) is 20.5 Å². The van der Waals surface area contributed by atoms with E-state index in [4.69, 9.17) is 4.74 Å². The van der Waals surface area contributed by atoms with Gasteiger partial charge in [0.25, 0.3) is 5.91 Å². The standard InChI is InChI=1S/C16H30FN3O3S/c1-3-14(2)20(17)7-5-13-24(22)19-10-8-18(9-11-19)16(21)15-6-4-12-23-15/h14-15H,3-13H2,1-2H3. The lowest BCUT2D eigenvalue weighted by Gasteiger charge is -2.34. The number of hydrogen-bond acceptors (Lipinski definition) is 4. The second kappa shape index (κ2) is 9.79.